The normalized spacial score (nSPS) is 18.4. The molecular weight excluding hydrogens is 282 g/mol. The summed E-state index contributed by atoms with van der Waals surface area (Å²) in [7, 11) is -3.36. The molecule has 0 atom stereocenters. The molecule has 1 aliphatic heterocycles. The Morgan fingerprint density at radius 3 is 2.70 bits per heavy atom. The Morgan fingerprint density at radius 2 is 2.15 bits per heavy atom. The fourth-order valence-corrected chi connectivity index (χ4v) is 3.47. The van der Waals surface area contributed by atoms with E-state index in [1.54, 1.807) is 6.07 Å². The summed E-state index contributed by atoms with van der Waals surface area (Å²) in [5, 5.41) is 3.63. The van der Waals surface area contributed by atoms with Gasteiger partial charge >= 0.3 is 0 Å². The van der Waals surface area contributed by atoms with Crippen LogP contribution < -0.4 is 5.73 Å². The van der Waals surface area contributed by atoms with E-state index in [1.807, 2.05) is 11.8 Å². The summed E-state index contributed by atoms with van der Waals surface area (Å²) in [6, 6.07) is 1.56. The van der Waals surface area contributed by atoms with E-state index < -0.39 is 10.0 Å². The van der Waals surface area contributed by atoms with Gasteiger partial charge in [-0.05, 0) is 6.92 Å². The molecule has 1 aliphatic rings. The van der Waals surface area contributed by atoms with Crippen LogP contribution in [-0.4, -0.2) is 61.5 Å². The number of hydrogen-bond acceptors (Lipinski definition) is 5. The highest BCUT2D eigenvalue weighted by molar-refractivity contribution is 7.88. The summed E-state index contributed by atoms with van der Waals surface area (Å²) < 4.78 is 30.5. The van der Waals surface area contributed by atoms with Crippen LogP contribution in [0.15, 0.2) is 21.8 Å². The molecule has 1 aromatic rings. The fourth-order valence-electron chi connectivity index (χ4n) is 2.05. The number of aromatic nitrogens is 1. The number of rotatable bonds is 4. The summed E-state index contributed by atoms with van der Waals surface area (Å²) in [5.74, 6) is 0.336. The molecule has 20 heavy (non-hydrogen) atoms. The van der Waals surface area contributed by atoms with Crippen LogP contribution >= 0.6 is 0 Å². The van der Waals surface area contributed by atoms with Gasteiger partial charge < -0.3 is 15.2 Å². The van der Waals surface area contributed by atoms with E-state index in [-0.39, 0.29) is 5.75 Å². The van der Waals surface area contributed by atoms with Crippen LogP contribution in [-0.2, 0) is 15.8 Å². The maximum absolute atomic E-state index is 12.2. The van der Waals surface area contributed by atoms with E-state index in [9.17, 15) is 8.42 Å². The number of sulfonamides is 1. The van der Waals surface area contributed by atoms with Gasteiger partial charge in [-0.25, -0.2) is 8.42 Å². The van der Waals surface area contributed by atoms with Crippen molar-refractivity contribution in [2.24, 2.45) is 10.7 Å². The molecule has 0 radical (unpaired) electrons. The first-order valence-electron chi connectivity index (χ1n) is 6.45. The van der Waals surface area contributed by atoms with Crippen molar-refractivity contribution in [1.82, 2.24) is 14.4 Å². The first-order valence-corrected chi connectivity index (χ1v) is 8.06. The smallest absolute Gasteiger partial charge is 0.220 e. The van der Waals surface area contributed by atoms with Crippen LogP contribution in [0.5, 0.6) is 0 Å². The quantitative estimate of drug-likeness (QED) is 0.591. The molecule has 1 aromatic heterocycles. The zero-order valence-corrected chi connectivity index (χ0v) is 12.2. The highest BCUT2D eigenvalue weighted by Gasteiger charge is 2.28. The van der Waals surface area contributed by atoms with Gasteiger partial charge in [0.05, 0.1) is 5.69 Å². The average molecular weight is 301 g/mol. The lowest BCUT2D eigenvalue weighted by atomic mass is 10.4. The van der Waals surface area contributed by atoms with Crippen molar-refractivity contribution >= 4 is 16.0 Å². The number of piperazine rings is 1. The van der Waals surface area contributed by atoms with Gasteiger partial charge in [0, 0.05) is 38.8 Å². The fraction of sp³-hybridized carbons (Fsp3) is 0.636. The van der Waals surface area contributed by atoms with Crippen molar-refractivity contribution in [1.29, 1.82) is 0 Å². The maximum Gasteiger partial charge on any atom is 0.220 e. The summed E-state index contributed by atoms with van der Waals surface area (Å²) in [6.07, 6.45) is 1.37. The molecule has 9 heteroatoms. The molecule has 0 unspecified atom stereocenters. The van der Waals surface area contributed by atoms with Crippen molar-refractivity contribution in [3.8, 4) is 0 Å². The molecule has 0 bridgehead atoms. The average Bonchev–Trinajstić information content (AvgIpc) is 2.91. The third-order valence-electron chi connectivity index (χ3n) is 3.10. The topological polar surface area (TPSA) is 105 Å². The second kappa shape index (κ2) is 6.23. The molecule has 0 spiro atoms. The molecule has 0 saturated carbocycles. The van der Waals surface area contributed by atoms with Gasteiger partial charge in [0.1, 0.15) is 12.0 Å². The Balaban J connectivity index is 1.94. The minimum atomic E-state index is -3.36. The Hall–Kier alpha value is -1.61. The van der Waals surface area contributed by atoms with E-state index in [1.165, 1.54) is 10.6 Å². The number of aliphatic imine (C=N–C) groups is 1. The van der Waals surface area contributed by atoms with Crippen LogP contribution in [0.2, 0.25) is 0 Å². The van der Waals surface area contributed by atoms with Gasteiger partial charge in [0.25, 0.3) is 0 Å². The Bertz CT molecular complexity index is 547. The summed E-state index contributed by atoms with van der Waals surface area (Å²) in [6.45, 7) is 4.43. The Morgan fingerprint density at radius 1 is 1.45 bits per heavy atom. The SMILES string of the molecule is CCN=C(N)N1CCN(S(=O)(=O)Cc2ccon2)CC1. The molecule has 0 aromatic carbocycles. The molecule has 2 heterocycles. The minimum Gasteiger partial charge on any atom is -0.370 e. The minimum absolute atomic E-state index is 0.137. The largest absolute Gasteiger partial charge is 0.370 e. The lowest BCUT2D eigenvalue weighted by Gasteiger charge is -2.34. The van der Waals surface area contributed by atoms with Crippen molar-refractivity contribution in [2.75, 3.05) is 32.7 Å². The number of nitrogens with two attached hydrogens (primary N) is 1. The summed E-state index contributed by atoms with van der Waals surface area (Å²) in [4.78, 5) is 6.02. The highest BCUT2D eigenvalue weighted by atomic mass is 32.2. The van der Waals surface area contributed by atoms with E-state index in [0.29, 0.717) is 44.4 Å². The second-order valence-electron chi connectivity index (χ2n) is 4.47. The predicted molar refractivity (Wildman–Crippen MR) is 74.4 cm³/mol. The van der Waals surface area contributed by atoms with E-state index >= 15 is 0 Å². The third-order valence-corrected chi connectivity index (χ3v) is 4.91. The van der Waals surface area contributed by atoms with Crippen LogP contribution in [0.25, 0.3) is 0 Å². The molecule has 1 fully saturated rings. The zero-order chi connectivity index (χ0) is 14.6. The number of guanidine groups is 1. The molecule has 112 valence electrons. The molecule has 1 saturated heterocycles. The van der Waals surface area contributed by atoms with Crippen LogP contribution in [0.4, 0.5) is 0 Å². The first kappa shape index (κ1) is 14.8. The van der Waals surface area contributed by atoms with E-state index in [2.05, 4.69) is 14.7 Å². The van der Waals surface area contributed by atoms with Gasteiger partial charge in [-0.15, -0.1) is 0 Å². The predicted octanol–water partition coefficient (Wildman–Crippen LogP) is -0.543. The van der Waals surface area contributed by atoms with Gasteiger partial charge in [-0.1, -0.05) is 5.16 Å². The van der Waals surface area contributed by atoms with Crippen molar-refractivity contribution in [3.63, 3.8) is 0 Å². The summed E-state index contributed by atoms with van der Waals surface area (Å²) in [5.41, 5.74) is 6.22. The van der Waals surface area contributed by atoms with Crippen LogP contribution in [0.1, 0.15) is 12.6 Å². The zero-order valence-electron chi connectivity index (χ0n) is 11.4. The first-order chi connectivity index (χ1) is 9.53. The number of hydrogen-bond donors (Lipinski definition) is 1. The van der Waals surface area contributed by atoms with Crippen LogP contribution in [0.3, 0.4) is 0 Å². The number of nitrogens with zero attached hydrogens (tertiary/aromatic N) is 4. The monoisotopic (exact) mass is 301 g/mol. The molecular formula is C11H19N5O3S. The lowest BCUT2D eigenvalue weighted by molar-refractivity contribution is 0.263. The molecule has 2 rings (SSSR count). The van der Waals surface area contributed by atoms with Gasteiger partial charge in [-0.2, -0.15) is 4.31 Å². The molecule has 8 nitrogen and oxygen atoms in total. The standard InChI is InChI=1S/C11H19N5O3S/c1-2-13-11(12)15-4-6-16(7-5-15)20(17,18)9-10-3-8-19-14-10/h3,8H,2,4-7,9H2,1H3,(H2,12,13). The maximum atomic E-state index is 12.2. The second-order valence-corrected chi connectivity index (χ2v) is 6.43. The third kappa shape index (κ3) is 3.48. The molecule has 2 N–H and O–H groups in total. The molecule has 0 amide bonds. The van der Waals surface area contributed by atoms with Crippen molar-refractivity contribution in [2.45, 2.75) is 12.7 Å². The van der Waals surface area contributed by atoms with Crippen molar-refractivity contribution in [3.05, 3.63) is 18.0 Å². The van der Waals surface area contributed by atoms with Gasteiger partial charge in [-0.3, -0.25) is 4.99 Å². The van der Waals surface area contributed by atoms with E-state index in [4.69, 9.17) is 5.73 Å². The highest BCUT2D eigenvalue weighted by Crippen LogP contribution is 2.12. The van der Waals surface area contributed by atoms with Gasteiger partial charge in [0.15, 0.2) is 5.96 Å². The summed E-state index contributed by atoms with van der Waals surface area (Å²) >= 11 is 0. The lowest BCUT2D eigenvalue weighted by Crippen LogP contribution is -2.52. The van der Waals surface area contributed by atoms with Crippen molar-refractivity contribution < 1.29 is 12.9 Å². The Labute approximate surface area is 118 Å². The van der Waals surface area contributed by atoms with Crippen LogP contribution in [0, 0.1) is 0 Å². The Kier molecular flexibility index (Phi) is 4.61. The van der Waals surface area contributed by atoms with E-state index in [0.717, 1.165) is 0 Å². The molecule has 0 aliphatic carbocycles. The van der Waals surface area contributed by atoms with Gasteiger partial charge in [0.2, 0.25) is 10.0 Å².